The Hall–Kier alpha value is -2.38. The molecule has 3 aromatic rings. The lowest BCUT2D eigenvalue weighted by molar-refractivity contribution is 0.0469. The first-order valence-electron chi connectivity index (χ1n) is 7.52. The van der Waals surface area contributed by atoms with Gasteiger partial charge in [-0.1, -0.05) is 11.6 Å². The molecule has 0 bridgehead atoms. The maximum Gasteiger partial charge on any atom is 0.355 e. The van der Waals surface area contributed by atoms with Gasteiger partial charge in [0.1, 0.15) is 5.69 Å². The lowest BCUT2D eigenvalue weighted by Gasteiger charge is -2.06. The van der Waals surface area contributed by atoms with Crippen LogP contribution in [0, 0.1) is 20.8 Å². The van der Waals surface area contributed by atoms with Crippen molar-refractivity contribution in [3.63, 3.8) is 0 Å². The van der Waals surface area contributed by atoms with Gasteiger partial charge in [-0.2, -0.15) is 0 Å². The van der Waals surface area contributed by atoms with Crippen LogP contribution in [0.3, 0.4) is 0 Å². The van der Waals surface area contributed by atoms with Crippen LogP contribution in [0.25, 0.3) is 5.13 Å². The molecule has 3 heterocycles. The number of hydrogen-bond donors (Lipinski definition) is 1. The lowest BCUT2D eigenvalue weighted by Crippen LogP contribution is -2.15. The molecule has 0 aromatic carbocycles. The van der Waals surface area contributed by atoms with Gasteiger partial charge in [0.25, 0.3) is 0 Å². The Balaban J connectivity index is 1.76. The first kappa shape index (κ1) is 17.4. The van der Waals surface area contributed by atoms with Crippen LogP contribution in [-0.4, -0.2) is 32.9 Å². The Morgan fingerprint density at radius 3 is 2.68 bits per heavy atom. The number of H-pyrrole nitrogens is 1. The molecule has 0 amide bonds. The van der Waals surface area contributed by atoms with Crippen LogP contribution in [0.15, 0.2) is 23.7 Å². The molecule has 0 aliphatic heterocycles. The van der Waals surface area contributed by atoms with Crippen LogP contribution in [0.4, 0.5) is 0 Å². The molecule has 6 nitrogen and oxygen atoms in total. The van der Waals surface area contributed by atoms with Crippen LogP contribution in [0.2, 0.25) is 5.02 Å². The number of thiazole rings is 1. The number of carbonyl (C=O) groups is 2. The molecule has 0 spiro atoms. The molecule has 3 rings (SSSR count). The molecule has 0 saturated heterocycles. The van der Waals surface area contributed by atoms with Gasteiger partial charge < -0.3 is 9.72 Å². The number of ketones is 1. The number of rotatable bonds is 5. The first-order chi connectivity index (χ1) is 11.9. The topological polar surface area (TPSA) is 77.0 Å². The van der Waals surface area contributed by atoms with Crippen molar-refractivity contribution in [1.29, 1.82) is 0 Å². The molecular formula is C17H16ClN3O3S. The number of nitrogens with zero attached hydrogens (tertiary/aromatic N) is 2. The SMILES string of the molecule is Cc1csc(-n2c(C)cc(C(=O)COC(=O)c3cc(Cl)c[nH]3)c2C)n1. The van der Waals surface area contributed by atoms with E-state index >= 15 is 0 Å². The molecule has 130 valence electrons. The number of aromatic nitrogens is 3. The van der Waals surface area contributed by atoms with Gasteiger partial charge >= 0.3 is 5.97 Å². The van der Waals surface area contributed by atoms with E-state index in [0.29, 0.717) is 10.6 Å². The van der Waals surface area contributed by atoms with Gasteiger partial charge in [0.15, 0.2) is 11.7 Å². The van der Waals surface area contributed by atoms with Gasteiger partial charge in [-0.3, -0.25) is 9.36 Å². The third kappa shape index (κ3) is 3.52. The molecule has 8 heteroatoms. The Labute approximate surface area is 153 Å². The second kappa shape index (κ2) is 6.85. The van der Waals surface area contributed by atoms with Gasteiger partial charge in [0.2, 0.25) is 5.78 Å². The Morgan fingerprint density at radius 1 is 1.32 bits per heavy atom. The molecule has 0 aliphatic rings. The van der Waals surface area contributed by atoms with Crippen molar-refractivity contribution in [2.24, 2.45) is 0 Å². The molecule has 3 aromatic heterocycles. The van der Waals surface area contributed by atoms with Gasteiger partial charge in [-0.25, -0.2) is 9.78 Å². The highest BCUT2D eigenvalue weighted by molar-refractivity contribution is 7.12. The van der Waals surface area contributed by atoms with Crippen LogP contribution in [0.5, 0.6) is 0 Å². The second-order valence-electron chi connectivity index (χ2n) is 5.62. The monoisotopic (exact) mass is 377 g/mol. The predicted molar refractivity (Wildman–Crippen MR) is 96.1 cm³/mol. The van der Waals surface area contributed by atoms with Gasteiger partial charge in [-0.05, 0) is 32.9 Å². The average molecular weight is 378 g/mol. The van der Waals surface area contributed by atoms with Crippen LogP contribution in [-0.2, 0) is 4.74 Å². The van der Waals surface area contributed by atoms with E-state index in [-0.39, 0.29) is 18.1 Å². The summed E-state index contributed by atoms with van der Waals surface area (Å²) in [5, 5.41) is 3.17. The minimum Gasteiger partial charge on any atom is -0.453 e. The minimum absolute atomic E-state index is 0.210. The van der Waals surface area contributed by atoms with Crippen molar-refractivity contribution >= 4 is 34.7 Å². The van der Waals surface area contributed by atoms with E-state index in [1.807, 2.05) is 30.7 Å². The number of nitrogens with one attached hydrogen (secondary N) is 1. The number of aromatic amines is 1. The number of ether oxygens (including phenoxy) is 1. The summed E-state index contributed by atoms with van der Waals surface area (Å²) in [6.07, 6.45) is 1.48. The fourth-order valence-electron chi connectivity index (χ4n) is 2.56. The normalized spacial score (nSPS) is 10.9. The third-order valence-electron chi connectivity index (χ3n) is 3.73. The highest BCUT2D eigenvalue weighted by Gasteiger charge is 2.20. The maximum atomic E-state index is 12.5. The molecule has 0 saturated carbocycles. The minimum atomic E-state index is -0.621. The van der Waals surface area contributed by atoms with E-state index in [9.17, 15) is 9.59 Å². The van der Waals surface area contributed by atoms with Crippen molar-refractivity contribution in [3.05, 3.63) is 57.1 Å². The Kier molecular flexibility index (Phi) is 4.78. The van der Waals surface area contributed by atoms with E-state index in [2.05, 4.69) is 9.97 Å². The number of carbonyl (C=O) groups excluding carboxylic acids is 2. The summed E-state index contributed by atoms with van der Waals surface area (Å²) in [4.78, 5) is 31.5. The molecule has 0 aliphatic carbocycles. The standard InChI is InChI=1S/C17H16ClN3O3S/c1-9-8-25-17(20-9)21-10(2)4-13(11(21)3)15(22)7-24-16(23)14-5-12(18)6-19-14/h4-6,8,19H,7H2,1-3H3. The summed E-state index contributed by atoms with van der Waals surface area (Å²) in [5.74, 6) is -0.886. The summed E-state index contributed by atoms with van der Waals surface area (Å²) in [7, 11) is 0. The van der Waals surface area contributed by atoms with Gasteiger partial charge in [0.05, 0.1) is 10.7 Å². The first-order valence-corrected chi connectivity index (χ1v) is 8.78. The number of aryl methyl sites for hydroxylation is 2. The Bertz CT molecular complexity index is 954. The van der Waals surface area contributed by atoms with Crippen LogP contribution in [0.1, 0.15) is 37.9 Å². The van der Waals surface area contributed by atoms with Gasteiger partial charge in [0, 0.05) is 28.5 Å². The highest BCUT2D eigenvalue weighted by atomic mass is 35.5. The molecule has 1 N–H and O–H groups in total. The highest BCUT2D eigenvalue weighted by Crippen LogP contribution is 2.24. The second-order valence-corrected chi connectivity index (χ2v) is 6.90. The molecular weight excluding hydrogens is 362 g/mol. The average Bonchev–Trinajstić information content (AvgIpc) is 3.25. The van der Waals surface area contributed by atoms with Crippen LogP contribution < -0.4 is 0 Å². The summed E-state index contributed by atoms with van der Waals surface area (Å²) >= 11 is 7.26. The zero-order valence-corrected chi connectivity index (χ0v) is 15.5. The van der Waals surface area contributed by atoms with Crippen molar-refractivity contribution in [1.82, 2.24) is 14.5 Å². The fraction of sp³-hybridized carbons (Fsp3) is 0.235. The lowest BCUT2D eigenvalue weighted by atomic mass is 10.1. The number of hydrogen-bond acceptors (Lipinski definition) is 5. The van der Waals surface area contributed by atoms with E-state index < -0.39 is 5.97 Å². The summed E-state index contributed by atoms with van der Waals surface area (Å²) in [6, 6.07) is 3.23. The van der Waals surface area contributed by atoms with E-state index in [0.717, 1.165) is 22.2 Å². The summed E-state index contributed by atoms with van der Waals surface area (Å²) in [6.45, 7) is 5.35. The zero-order chi connectivity index (χ0) is 18.1. The number of Topliss-reactive ketones (excluding diaryl/α,β-unsaturated/α-hetero) is 1. The largest absolute Gasteiger partial charge is 0.453 e. The quantitative estimate of drug-likeness (QED) is 0.540. The summed E-state index contributed by atoms with van der Waals surface area (Å²) < 4.78 is 7.00. The Morgan fingerprint density at radius 2 is 2.08 bits per heavy atom. The number of halogens is 1. The van der Waals surface area contributed by atoms with Crippen molar-refractivity contribution < 1.29 is 14.3 Å². The fourth-order valence-corrected chi connectivity index (χ4v) is 3.63. The third-order valence-corrected chi connectivity index (χ3v) is 4.89. The zero-order valence-electron chi connectivity index (χ0n) is 13.9. The summed E-state index contributed by atoms with van der Waals surface area (Å²) in [5.41, 5.74) is 3.33. The molecule has 25 heavy (non-hydrogen) atoms. The van der Waals surface area contributed by atoms with E-state index in [4.69, 9.17) is 16.3 Å². The molecule has 0 atom stereocenters. The van der Waals surface area contributed by atoms with Crippen molar-refractivity contribution in [2.45, 2.75) is 20.8 Å². The molecule has 0 radical (unpaired) electrons. The predicted octanol–water partition coefficient (Wildman–Crippen LogP) is 3.88. The smallest absolute Gasteiger partial charge is 0.355 e. The number of esters is 1. The van der Waals surface area contributed by atoms with E-state index in [1.54, 1.807) is 6.07 Å². The van der Waals surface area contributed by atoms with Crippen LogP contribution >= 0.6 is 22.9 Å². The molecule has 0 fully saturated rings. The van der Waals surface area contributed by atoms with Gasteiger partial charge in [-0.15, -0.1) is 11.3 Å². The maximum absolute atomic E-state index is 12.5. The van der Waals surface area contributed by atoms with Crippen molar-refractivity contribution in [2.75, 3.05) is 6.61 Å². The van der Waals surface area contributed by atoms with E-state index in [1.165, 1.54) is 23.6 Å². The van der Waals surface area contributed by atoms with Crippen molar-refractivity contribution in [3.8, 4) is 5.13 Å². The molecule has 0 unspecified atom stereocenters.